The summed E-state index contributed by atoms with van der Waals surface area (Å²) in [7, 11) is 0. The maximum atomic E-state index is 13.3. The van der Waals surface area contributed by atoms with Crippen molar-refractivity contribution in [3.63, 3.8) is 0 Å². The summed E-state index contributed by atoms with van der Waals surface area (Å²) in [5.74, 6) is 5.62. The molecule has 2 rings (SSSR count). The van der Waals surface area contributed by atoms with Crippen LogP contribution in [0.1, 0.15) is 11.1 Å². The highest BCUT2D eigenvalue weighted by molar-refractivity contribution is 6.30. The molecule has 2 N–H and O–H groups in total. The Labute approximate surface area is 122 Å². The molecule has 0 fully saturated rings. The van der Waals surface area contributed by atoms with Gasteiger partial charge in [0.15, 0.2) is 0 Å². The van der Waals surface area contributed by atoms with Crippen LogP contribution in [-0.4, -0.2) is 6.54 Å². The van der Waals surface area contributed by atoms with E-state index in [-0.39, 0.29) is 12.4 Å². The number of rotatable bonds is 3. The smallest absolute Gasteiger partial charge is 0.138 e. The Morgan fingerprint density at radius 2 is 1.90 bits per heavy atom. The highest BCUT2D eigenvalue weighted by Gasteiger charge is 2.04. The molecule has 2 nitrogen and oxygen atoms in total. The van der Waals surface area contributed by atoms with Crippen molar-refractivity contribution in [3.05, 3.63) is 64.4 Å². The van der Waals surface area contributed by atoms with Crippen molar-refractivity contribution in [2.45, 2.75) is 6.61 Å². The van der Waals surface area contributed by atoms with Gasteiger partial charge in [0.05, 0.1) is 12.1 Å². The van der Waals surface area contributed by atoms with E-state index in [9.17, 15) is 4.39 Å². The van der Waals surface area contributed by atoms with Crippen LogP contribution in [0.3, 0.4) is 0 Å². The van der Waals surface area contributed by atoms with E-state index in [2.05, 4.69) is 11.8 Å². The first-order chi connectivity index (χ1) is 9.69. The molecule has 0 saturated heterocycles. The molecule has 2 aromatic carbocycles. The number of halogens is 2. The van der Waals surface area contributed by atoms with Crippen LogP contribution in [0.2, 0.25) is 5.02 Å². The van der Waals surface area contributed by atoms with E-state index >= 15 is 0 Å². The Bertz CT molecular complexity index is 644. The minimum absolute atomic E-state index is 0.244. The lowest BCUT2D eigenvalue weighted by Crippen LogP contribution is -1.98. The van der Waals surface area contributed by atoms with Gasteiger partial charge in [-0.05, 0) is 29.8 Å². The molecule has 0 amide bonds. The Morgan fingerprint density at radius 3 is 2.60 bits per heavy atom. The standard InChI is InChI=1S/C16H13ClFNO/c17-14-6-3-12(4-7-14)11-20-16-10-15(18)8-5-13(16)2-1-9-19/h3-8,10H,9,11,19H2. The molecule has 0 unspecified atom stereocenters. The Balaban J connectivity index is 2.15. The third-order valence-corrected chi connectivity index (χ3v) is 2.83. The number of ether oxygens (including phenoxy) is 1. The second kappa shape index (κ2) is 6.95. The lowest BCUT2D eigenvalue weighted by Gasteiger charge is -2.08. The van der Waals surface area contributed by atoms with Crippen molar-refractivity contribution in [2.24, 2.45) is 5.73 Å². The normalized spacial score (nSPS) is 9.75. The van der Waals surface area contributed by atoms with Crippen molar-refractivity contribution in [1.82, 2.24) is 0 Å². The summed E-state index contributed by atoms with van der Waals surface area (Å²) in [4.78, 5) is 0. The van der Waals surface area contributed by atoms with E-state index in [1.54, 1.807) is 18.2 Å². The van der Waals surface area contributed by atoms with Crippen LogP contribution in [0.4, 0.5) is 4.39 Å². The third kappa shape index (κ3) is 3.99. The number of nitrogens with two attached hydrogens (primary N) is 1. The molecule has 4 heteroatoms. The first-order valence-electron chi connectivity index (χ1n) is 6.05. The molecule has 0 radical (unpaired) electrons. The SMILES string of the molecule is NCC#Cc1ccc(F)cc1OCc1ccc(Cl)cc1. The molecule has 102 valence electrons. The number of hydrogen-bond donors (Lipinski definition) is 1. The van der Waals surface area contributed by atoms with E-state index in [1.807, 2.05) is 12.1 Å². The predicted octanol–water partition coefficient (Wildman–Crippen LogP) is 3.37. The Hall–Kier alpha value is -2.02. The van der Waals surface area contributed by atoms with Crippen molar-refractivity contribution in [1.29, 1.82) is 0 Å². The van der Waals surface area contributed by atoms with E-state index in [1.165, 1.54) is 12.1 Å². The second-order valence-electron chi connectivity index (χ2n) is 4.06. The van der Waals surface area contributed by atoms with Crippen LogP contribution in [0, 0.1) is 17.7 Å². The molecule has 0 bridgehead atoms. The van der Waals surface area contributed by atoms with Crippen LogP contribution in [0.15, 0.2) is 42.5 Å². The zero-order valence-electron chi connectivity index (χ0n) is 10.7. The lowest BCUT2D eigenvalue weighted by atomic mass is 10.2. The fraction of sp³-hybridized carbons (Fsp3) is 0.125. The van der Waals surface area contributed by atoms with Gasteiger partial charge in [-0.15, -0.1) is 0 Å². The Morgan fingerprint density at radius 1 is 1.15 bits per heavy atom. The van der Waals surface area contributed by atoms with E-state index in [0.29, 0.717) is 22.9 Å². The summed E-state index contributed by atoms with van der Waals surface area (Å²) < 4.78 is 18.9. The van der Waals surface area contributed by atoms with E-state index in [4.69, 9.17) is 22.1 Å². The highest BCUT2D eigenvalue weighted by Crippen LogP contribution is 2.21. The monoisotopic (exact) mass is 289 g/mol. The zero-order chi connectivity index (χ0) is 14.4. The molecule has 20 heavy (non-hydrogen) atoms. The molecule has 2 aromatic rings. The zero-order valence-corrected chi connectivity index (χ0v) is 11.5. The maximum absolute atomic E-state index is 13.3. The number of benzene rings is 2. The summed E-state index contributed by atoms with van der Waals surface area (Å²) >= 11 is 5.81. The number of hydrogen-bond acceptors (Lipinski definition) is 2. The third-order valence-electron chi connectivity index (χ3n) is 2.58. The summed E-state index contributed by atoms with van der Waals surface area (Å²) in [6.07, 6.45) is 0. The van der Waals surface area contributed by atoms with Crippen molar-refractivity contribution in [3.8, 4) is 17.6 Å². The van der Waals surface area contributed by atoms with Crippen molar-refractivity contribution < 1.29 is 9.13 Å². The Kier molecular flexibility index (Phi) is 5.00. The molecule has 0 aromatic heterocycles. The van der Waals surface area contributed by atoms with E-state index in [0.717, 1.165) is 5.56 Å². The summed E-state index contributed by atoms with van der Waals surface area (Å²) in [5, 5.41) is 0.661. The molecule has 0 heterocycles. The van der Waals surface area contributed by atoms with Crippen molar-refractivity contribution in [2.75, 3.05) is 6.54 Å². The van der Waals surface area contributed by atoms with Gasteiger partial charge >= 0.3 is 0 Å². The van der Waals surface area contributed by atoms with Crippen LogP contribution in [0.25, 0.3) is 0 Å². The summed E-state index contributed by atoms with van der Waals surface area (Å²) in [5.41, 5.74) is 6.89. The second-order valence-corrected chi connectivity index (χ2v) is 4.50. The highest BCUT2D eigenvalue weighted by atomic mass is 35.5. The predicted molar refractivity (Wildman–Crippen MR) is 78.1 cm³/mol. The first kappa shape index (κ1) is 14.4. The van der Waals surface area contributed by atoms with Crippen LogP contribution in [0.5, 0.6) is 5.75 Å². The van der Waals surface area contributed by atoms with Gasteiger partial charge in [-0.3, -0.25) is 0 Å². The van der Waals surface area contributed by atoms with Crippen LogP contribution in [-0.2, 0) is 6.61 Å². The fourth-order valence-electron chi connectivity index (χ4n) is 1.61. The van der Waals surface area contributed by atoms with E-state index < -0.39 is 0 Å². The van der Waals surface area contributed by atoms with Gasteiger partial charge in [0, 0.05) is 11.1 Å². The summed E-state index contributed by atoms with van der Waals surface area (Å²) in [6, 6.07) is 11.5. The molecular weight excluding hydrogens is 277 g/mol. The molecule has 0 aliphatic heterocycles. The van der Waals surface area contributed by atoms with Crippen LogP contribution >= 0.6 is 11.6 Å². The first-order valence-corrected chi connectivity index (χ1v) is 6.42. The fourth-order valence-corrected chi connectivity index (χ4v) is 1.73. The average Bonchev–Trinajstić information content (AvgIpc) is 2.46. The van der Waals surface area contributed by atoms with Gasteiger partial charge in [0.1, 0.15) is 18.2 Å². The molecule has 0 aliphatic carbocycles. The lowest BCUT2D eigenvalue weighted by molar-refractivity contribution is 0.304. The molecule has 0 aliphatic rings. The van der Waals surface area contributed by atoms with Gasteiger partial charge in [0.25, 0.3) is 0 Å². The summed E-state index contributed by atoms with van der Waals surface area (Å²) in [6.45, 7) is 0.561. The minimum Gasteiger partial charge on any atom is -0.487 e. The van der Waals surface area contributed by atoms with Gasteiger partial charge in [-0.1, -0.05) is 35.6 Å². The molecule has 0 saturated carbocycles. The average molecular weight is 290 g/mol. The molecule has 0 atom stereocenters. The molecular formula is C16H13ClFNO. The topological polar surface area (TPSA) is 35.2 Å². The maximum Gasteiger partial charge on any atom is 0.138 e. The largest absolute Gasteiger partial charge is 0.487 e. The van der Waals surface area contributed by atoms with Gasteiger partial charge in [-0.2, -0.15) is 0 Å². The van der Waals surface area contributed by atoms with Crippen LogP contribution < -0.4 is 10.5 Å². The van der Waals surface area contributed by atoms with Gasteiger partial charge < -0.3 is 10.5 Å². The van der Waals surface area contributed by atoms with Gasteiger partial charge in [-0.25, -0.2) is 4.39 Å². The quantitative estimate of drug-likeness (QED) is 0.879. The van der Waals surface area contributed by atoms with Gasteiger partial charge in [0.2, 0.25) is 0 Å². The molecule has 0 spiro atoms. The minimum atomic E-state index is -0.366. The van der Waals surface area contributed by atoms with Crippen molar-refractivity contribution >= 4 is 11.6 Å².